The van der Waals surface area contributed by atoms with Crippen molar-refractivity contribution in [3.8, 4) is 11.5 Å². The summed E-state index contributed by atoms with van der Waals surface area (Å²) in [6, 6.07) is 14.4. The number of fused-ring (bicyclic) bond motifs is 1. The quantitative estimate of drug-likeness (QED) is 0.0513. The Morgan fingerprint density at radius 2 is 1.19 bits per heavy atom. The van der Waals surface area contributed by atoms with Crippen molar-refractivity contribution in [2.75, 3.05) is 118 Å². The van der Waals surface area contributed by atoms with Crippen molar-refractivity contribution in [1.82, 2.24) is 14.8 Å². The average molecular weight is 888 g/mol. The Kier molecular flexibility index (Phi) is 17.6. The van der Waals surface area contributed by atoms with Crippen LogP contribution < -0.4 is 14.8 Å². The van der Waals surface area contributed by atoms with E-state index in [9.17, 15) is 29.8 Å². The second-order valence-corrected chi connectivity index (χ2v) is 13.7. The molecule has 3 aromatic carbocycles. The van der Waals surface area contributed by atoms with Gasteiger partial charge in [-0.1, -0.05) is 12.1 Å². The number of aromatic amines is 1. The maximum absolute atomic E-state index is 13.5. The van der Waals surface area contributed by atoms with Crippen LogP contribution in [-0.2, 0) is 23.7 Å². The van der Waals surface area contributed by atoms with Gasteiger partial charge in [-0.25, -0.2) is 0 Å². The fourth-order valence-corrected chi connectivity index (χ4v) is 6.64. The van der Waals surface area contributed by atoms with Crippen LogP contribution in [0.25, 0.3) is 10.9 Å². The number of piperazine rings is 1. The van der Waals surface area contributed by atoms with Crippen molar-refractivity contribution in [3.05, 3.63) is 96.6 Å². The normalized spacial score (nSPS) is 12.8. The first-order valence-electron chi connectivity index (χ1n) is 18.9. The minimum Gasteiger partial charge on any atom is -0.496 e. The van der Waals surface area contributed by atoms with E-state index in [-0.39, 0.29) is 55.2 Å². The van der Waals surface area contributed by atoms with Crippen LogP contribution in [0.2, 0.25) is 0 Å². The van der Waals surface area contributed by atoms with Gasteiger partial charge >= 0.3 is 0 Å². The van der Waals surface area contributed by atoms with Crippen molar-refractivity contribution < 1.29 is 52.6 Å². The minimum absolute atomic E-state index is 0.129. The van der Waals surface area contributed by atoms with Crippen molar-refractivity contribution in [1.29, 1.82) is 0 Å². The summed E-state index contributed by atoms with van der Waals surface area (Å²) in [6.07, 6.45) is 1.69. The number of hydrogen-bond donors (Lipinski definition) is 2. The zero-order valence-corrected chi connectivity index (χ0v) is 34.1. The number of nitrogens with one attached hydrogen (secondary N) is 2. The summed E-state index contributed by atoms with van der Waals surface area (Å²) in [7, 11) is 1.57. The second kappa shape index (κ2) is 23.3. The van der Waals surface area contributed by atoms with Crippen LogP contribution >= 0.6 is 15.9 Å². The van der Waals surface area contributed by atoms with Gasteiger partial charge in [0, 0.05) is 55.5 Å². The average Bonchev–Trinajstić information content (AvgIpc) is 3.70. The molecule has 4 aromatic rings. The molecule has 1 saturated heterocycles. The number of anilines is 1. The summed E-state index contributed by atoms with van der Waals surface area (Å²) in [5, 5.41) is 25.8. The van der Waals surface area contributed by atoms with Crippen LogP contribution in [-0.4, -0.2) is 149 Å². The van der Waals surface area contributed by atoms with Crippen molar-refractivity contribution in [2.45, 2.75) is 0 Å². The molecular weight excluding hydrogens is 840 g/mol. The molecule has 0 spiro atoms. The molecule has 19 nitrogen and oxygen atoms in total. The Labute approximate surface area is 348 Å². The third kappa shape index (κ3) is 12.6. The molecule has 2 amide bonds. The van der Waals surface area contributed by atoms with E-state index in [4.69, 9.17) is 33.2 Å². The molecule has 1 fully saturated rings. The molecule has 20 heteroatoms. The molecule has 2 heterocycles. The van der Waals surface area contributed by atoms with E-state index in [2.05, 4.69) is 26.2 Å². The van der Waals surface area contributed by atoms with Crippen LogP contribution in [0.4, 0.5) is 17.1 Å². The largest absolute Gasteiger partial charge is 0.496 e. The highest BCUT2D eigenvalue weighted by atomic mass is 79.9. The number of nitro benzene ring substituents is 2. The number of benzene rings is 3. The summed E-state index contributed by atoms with van der Waals surface area (Å²) in [4.78, 5) is 54.7. The lowest BCUT2D eigenvalue weighted by molar-refractivity contribution is -0.392. The molecule has 0 bridgehead atoms. The Bertz CT molecular complexity index is 1990. The monoisotopic (exact) mass is 886 g/mol. The zero-order chi connectivity index (χ0) is 42.0. The Morgan fingerprint density at radius 3 is 1.73 bits per heavy atom. The molecular formula is C39H47BrN6O13. The van der Waals surface area contributed by atoms with Gasteiger partial charge in [0.2, 0.25) is 0 Å². The van der Waals surface area contributed by atoms with Gasteiger partial charge in [0.05, 0.1) is 105 Å². The molecule has 0 aliphatic carbocycles. The molecule has 5 rings (SSSR count). The van der Waals surface area contributed by atoms with Crippen molar-refractivity contribution in [2.24, 2.45) is 0 Å². The molecule has 0 saturated carbocycles. The third-order valence-electron chi connectivity index (χ3n) is 9.10. The molecule has 59 heavy (non-hydrogen) atoms. The summed E-state index contributed by atoms with van der Waals surface area (Å²) in [5.74, 6) is 0.770. The predicted octanol–water partition coefficient (Wildman–Crippen LogP) is 4.93. The minimum atomic E-state index is -0.678. The van der Waals surface area contributed by atoms with E-state index in [1.807, 2.05) is 12.1 Å². The number of carbonyl (C=O) groups is 2. The third-order valence-corrected chi connectivity index (χ3v) is 9.76. The van der Waals surface area contributed by atoms with E-state index >= 15 is 0 Å². The van der Waals surface area contributed by atoms with Crippen LogP contribution in [0.1, 0.15) is 20.7 Å². The number of carbonyl (C=O) groups excluding carboxylic acids is 2. The fraction of sp³-hybridized carbons (Fsp3) is 0.436. The predicted molar refractivity (Wildman–Crippen MR) is 219 cm³/mol. The van der Waals surface area contributed by atoms with Gasteiger partial charge in [0.25, 0.3) is 23.2 Å². The van der Waals surface area contributed by atoms with E-state index in [1.54, 1.807) is 47.4 Å². The lowest BCUT2D eigenvalue weighted by Crippen LogP contribution is -2.50. The number of nitro groups is 2. The highest BCUT2D eigenvalue weighted by Gasteiger charge is 2.29. The first kappa shape index (κ1) is 44.7. The summed E-state index contributed by atoms with van der Waals surface area (Å²) < 4.78 is 39.8. The maximum Gasteiger partial charge on any atom is 0.299 e. The standard InChI is InChI=1S/C39H47BrN6O13/c1-53-34-10-9-30(40)36-35(34)29(27-42-36)39(48)44-14-12-43(13-15-44)38(47)28-5-2-3-8-33(28)59-26-25-58-24-23-57-22-21-56-20-19-55-18-17-54-16-11-41-37-31(45(49)50)6-4-7-32(37)46(51)52/h2-10,27,41-42H,11-26H2,1H3. The topological polar surface area (TPSA) is 219 Å². The number of para-hydroxylation sites is 2. The van der Waals surface area contributed by atoms with Crippen molar-refractivity contribution in [3.63, 3.8) is 0 Å². The summed E-state index contributed by atoms with van der Waals surface area (Å²) in [6.45, 7) is 5.14. The van der Waals surface area contributed by atoms with Gasteiger partial charge in [0.15, 0.2) is 5.69 Å². The molecule has 0 atom stereocenters. The van der Waals surface area contributed by atoms with Gasteiger partial charge < -0.3 is 53.3 Å². The van der Waals surface area contributed by atoms with E-state index in [0.29, 0.717) is 107 Å². The van der Waals surface area contributed by atoms with Gasteiger partial charge in [-0.15, -0.1) is 0 Å². The van der Waals surface area contributed by atoms with Gasteiger partial charge in [-0.2, -0.15) is 0 Å². The molecule has 1 aliphatic rings. The molecule has 1 aliphatic heterocycles. The number of rotatable bonds is 25. The molecule has 0 unspecified atom stereocenters. The zero-order valence-electron chi connectivity index (χ0n) is 32.6. The lowest BCUT2D eigenvalue weighted by atomic mass is 10.1. The van der Waals surface area contributed by atoms with Crippen LogP contribution in [0.3, 0.4) is 0 Å². The molecule has 318 valence electrons. The van der Waals surface area contributed by atoms with Gasteiger partial charge in [0.1, 0.15) is 18.1 Å². The van der Waals surface area contributed by atoms with Gasteiger partial charge in [-0.3, -0.25) is 29.8 Å². The highest BCUT2D eigenvalue weighted by molar-refractivity contribution is 9.10. The van der Waals surface area contributed by atoms with E-state index in [1.165, 1.54) is 18.2 Å². The summed E-state index contributed by atoms with van der Waals surface area (Å²) >= 11 is 3.53. The van der Waals surface area contributed by atoms with Crippen LogP contribution in [0.5, 0.6) is 11.5 Å². The Hall–Kier alpha value is -5.38. The lowest BCUT2D eigenvalue weighted by Gasteiger charge is -2.35. The molecule has 0 radical (unpaired) electrons. The first-order chi connectivity index (χ1) is 28.7. The van der Waals surface area contributed by atoms with E-state index in [0.717, 1.165) is 9.99 Å². The number of H-pyrrole nitrogens is 1. The first-order valence-corrected chi connectivity index (χ1v) is 19.7. The highest BCUT2D eigenvalue weighted by Crippen LogP contribution is 2.35. The number of nitrogens with zero attached hydrogens (tertiary/aromatic N) is 4. The van der Waals surface area contributed by atoms with Crippen LogP contribution in [0, 0.1) is 20.2 Å². The molecule has 1 aromatic heterocycles. The molecule has 2 N–H and O–H groups in total. The Balaban J connectivity index is 0.868. The number of hydrogen-bond acceptors (Lipinski definition) is 14. The Morgan fingerprint density at radius 1 is 0.678 bits per heavy atom. The number of methoxy groups -OCH3 is 1. The maximum atomic E-state index is 13.5. The van der Waals surface area contributed by atoms with E-state index < -0.39 is 9.85 Å². The number of halogens is 1. The number of aromatic nitrogens is 1. The smallest absolute Gasteiger partial charge is 0.299 e. The fourth-order valence-electron chi connectivity index (χ4n) is 6.20. The van der Waals surface area contributed by atoms with Crippen molar-refractivity contribution >= 4 is 55.7 Å². The van der Waals surface area contributed by atoms with Gasteiger partial charge in [-0.05, 0) is 46.3 Å². The second-order valence-electron chi connectivity index (χ2n) is 12.8. The SMILES string of the molecule is COc1ccc(Br)c2[nH]cc(C(=O)N3CCN(C(=O)c4ccccc4OCCOCCOCCOCCOCCOCCNc4c([N+](=O)[O-])cccc4[N+](=O)[O-])CC3)c12. The van der Waals surface area contributed by atoms with Crippen LogP contribution in [0.15, 0.2) is 65.3 Å². The number of ether oxygens (including phenoxy) is 7. The summed E-state index contributed by atoms with van der Waals surface area (Å²) in [5.41, 5.74) is 0.832. The number of amides is 2.